The molecule has 0 fully saturated rings. The van der Waals surface area contributed by atoms with E-state index >= 15 is 0 Å². The van der Waals surface area contributed by atoms with Gasteiger partial charge in [-0.05, 0) is 28.1 Å². The summed E-state index contributed by atoms with van der Waals surface area (Å²) in [5.41, 5.74) is 5.88. The van der Waals surface area contributed by atoms with Crippen molar-refractivity contribution < 1.29 is 8.42 Å². The molecular weight excluding hydrogens is 304 g/mol. The summed E-state index contributed by atoms with van der Waals surface area (Å²) in [7, 11) is -3.55. The summed E-state index contributed by atoms with van der Waals surface area (Å²) in [6, 6.07) is 2.83. The molecule has 0 bridgehead atoms. The highest BCUT2D eigenvalue weighted by Crippen LogP contribution is 2.31. The number of halogens is 2. The summed E-state index contributed by atoms with van der Waals surface area (Å²) in [6.45, 7) is 2.00. The lowest BCUT2D eigenvalue weighted by atomic mass is 10.3. The van der Waals surface area contributed by atoms with Gasteiger partial charge >= 0.3 is 0 Å². The summed E-state index contributed by atoms with van der Waals surface area (Å²) in [5.74, 6) is 0. The van der Waals surface area contributed by atoms with Crippen LogP contribution in [0.25, 0.3) is 0 Å². The number of benzene rings is 1. The van der Waals surface area contributed by atoms with E-state index in [1.807, 2.05) is 0 Å². The molecule has 0 aromatic heterocycles. The first-order valence-electron chi connectivity index (χ1n) is 4.12. The van der Waals surface area contributed by atoms with Crippen LogP contribution in [0, 0.1) is 0 Å². The molecule has 0 radical (unpaired) electrons. The minimum Gasteiger partial charge on any atom is -0.398 e. The predicted octanol–water partition coefficient (Wildman–Crippen LogP) is 1.98. The van der Waals surface area contributed by atoms with Crippen LogP contribution in [-0.4, -0.2) is 15.0 Å². The smallest absolute Gasteiger partial charge is 0.241 e. The van der Waals surface area contributed by atoms with Gasteiger partial charge in [0.2, 0.25) is 10.0 Å². The highest BCUT2D eigenvalue weighted by molar-refractivity contribution is 9.10. The zero-order valence-electron chi connectivity index (χ0n) is 7.92. The molecule has 0 aliphatic heterocycles. The van der Waals surface area contributed by atoms with Gasteiger partial charge in [0.15, 0.2) is 0 Å². The molecule has 15 heavy (non-hydrogen) atoms. The highest BCUT2D eigenvalue weighted by atomic mass is 79.9. The predicted molar refractivity (Wildman–Crippen MR) is 64.4 cm³/mol. The van der Waals surface area contributed by atoms with Crippen LogP contribution in [0.3, 0.4) is 0 Å². The third kappa shape index (κ3) is 2.84. The van der Waals surface area contributed by atoms with E-state index in [0.29, 0.717) is 16.7 Å². The van der Waals surface area contributed by atoms with Crippen LogP contribution in [0.15, 0.2) is 21.5 Å². The summed E-state index contributed by atoms with van der Waals surface area (Å²) >= 11 is 8.85. The van der Waals surface area contributed by atoms with Gasteiger partial charge in [0, 0.05) is 17.3 Å². The van der Waals surface area contributed by atoms with Crippen molar-refractivity contribution in [2.45, 2.75) is 11.8 Å². The molecule has 0 aliphatic carbocycles. The van der Waals surface area contributed by atoms with Crippen molar-refractivity contribution in [2.75, 3.05) is 12.3 Å². The summed E-state index contributed by atoms with van der Waals surface area (Å²) in [4.78, 5) is 0.0503. The van der Waals surface area contributed by atoms with Crippen molar-refractivity contribution in [3.63, 3.8) is 0 Å². The average molecular weight is 314 g/mol. The molecule has 1 aromatic carbocycles. The molecule has 0 spiro atoms. The Labute approximate surface area is 102 Å². The lowest BCUT2D eigenvalue weighted by molar-refractivity contribution is 0.583. The number of anilines is 1. The van der Waals surface area contributed by atoms with Crippen LogP contribution < -0.4 is 10.5 Å². The molecule has 0 aliphatic rings. The molecule has 0 heterocycles. The lowest BCUT2D eigenvalue weighted by Gasteiger charge is -2.09. The Morgan fingerprint density at radius 1 is 1.53 bits per heavy atom. The molecular formula is C8H10BrClN2O2S. The van der Waals surface area contributed by atoms with Gasteiger partial charge in [-0.3, -0.25) is 0 Å². The molecule has 84 valence electrons. The molecule has 0 unspecified atom stereocenters. The van der Waals surface area contributed by atoms with Crippen molar-refractivity contribution in [3.8, 4) is 0 Å². The molecule has 1 rings (SSSR count). The third-order valence-electron chi connectivity index (χ3n) is 1.66. The van der Waals surface area contributed by atoms with Gasteiger partial charge in [0.1, 0.15) is 0 Å². The number of nitrogens with one attached hydrogen (secondary N) is 1. The molecule has 3 N–H and O–H groups in total. The molecule has 0 saturated heterocycles. The minimum atomic E-state index is -3.55. The summed E-state index contributed by atoms with van der Waals surface area (Å²) in [5, 5.41) is 0.284. The Hall–Kier alpha value is -0.300. The van der Waals surface area contributed by atoms with E-state index in [4.69, 9.17) is 17.3 Å². The topological polar surface area (TPSA) is 72.2 Å². The van der Waals surface area contributed by atoms with Gasteiger partial charge in [0.05, 0.1) is 9.37 Å². The maximum Gasteiger partial charge on any atom is 0.241 e. The van der Waals surface area contributed by atoms with Crippen LogP contribution >= 0.6 is 27.5 Å². The van der Waals surface area contributed by atoms with Crippen molar-refractivity contribution >= 4 is 43.2 Å². The fourth-order valence-electron chi connectivity index (χ4n) is 1.05. The molecule has 0 amide bonds. The van der Waals surface area contributed by atoms with E-state index in [0.717, 1.165) is 0 Å². The lowest BCUT2D eigenvalue weighted by Crippen LogP contribution is -2.23. The first-order valence-corrected chi connectivity index (χ1v) is 6.78. The van der Waals surface area contributed by atoms with E-state index < -0.39 is 10.0 Å². The van der Waals surface area contributed by atoms with Crippen LogP contribution in [0.5, 0.6) is 0 Å². The number of rotatable bonds is 3. The van der Waals surface area contributed by atoms with Crippen molar-refractivity contribution in [3.05, 3.63) is 21.6 Å². The number of hydrogen-bond acceptors (Lipinski definition) is 3. The van der Waals surface area contributed by atoms with Gasteiger partial charge in [0.25, 0.3) is 0 Å². The first kappa shape index (κ1) is 12.8. The second kappa shape index (κ2) is 4.69. The van der Waals surface area contributed by atoms with E-state index in [-0.39, 0.29) is 9.92 Å². The van der Waals surface area contributed by atoms with Crippen molar-refractivity contribution in [2.24, 2.45) is 0 Å². The normalized spacial score (nSPS) is 11.7. The largest absolute Gasteiger partial charge is 0.398 e. The van der Waals surface area contributed by atoms with E-state index in [1.165, 1.54) is 12.1 Å². The van der Waals surface area contributed by atoms with Gasteiger partial charge in [-0.15, -0.1) is 0 Å². The maximum absolute atomic E-state index is 11.7. The number of sulfonamides is 1. The molecule has 4 nitrogen and oxygen atoms in total. The van der Waals surface area contributed by atoms with Gasteiger partial charge in [-0.2, -0.15) is 0 Å². The minimum absolute atomic E-state index is 0.0503. The third-order valence-corrected chi connectivity index (χ3v) is 4.59. The molecule has 0 atom stereocenters. The number of nitrogen functional groups attached to an aromatic ring is 1. The SMILES string of the molecule is CCNS(=O)(=O)c1cc(Cl)cc(N)c1Br. The first-order chi connectivity index (χ1) is 6.88. The van der Waals surface area contributed by atoms with Crippen molar-refractivity contribution in [1.29, 1.82) is 0 Å². The Bertz CT molecular complexity index is 476. The number of hydrogen-bond donors (Lipinski definition) is 2. The maximum atomic E-state index is 11.7. The van der Waals surface area contributed by atoms with Crippen LogP contribution in [0.1, 0.15) is 6.92 Å². The second-order valence-corrected chi connectivity index (χ2v) is 5.77. The number of nitrogens with two attached hydrogens (primary N) is 1. The van der Waals surface area contributed by atoms with Gasteiger partial charge in [-0.1, -0.05) is 18.5 Å². The van der Waals surface area contributed by atoms with Crippen LogP contribution in [0.2, 0.25) is 5.02 Å². The van der Waals surface area contributed by atoms with Gasteiger partial charge < -0.3 is 5.73 Å². The monoisotopic (exact) mass is 312 g/mol. The van der Waals surface area contributed by atoms with Crippen molar-refractivity contribution in [1.82, 2.24) is 4.72 Å². The van der Waals surface area contributed by atoms with E-state index in [9.17, 15) is 8.42 Å². The summed E-state index contributed by atoms with van der Waals surface area (Å²) in [6.07, 6.45) is 0. The molecule has 0 saturated carbocycles. The zero-order chi connectivity index (χ0) is 11.6. The fraction of sp³-hybridized carbons (Fsp3) is 0.250. The van der Waals surface area contributed by atoms with Gasteiger partial charge in [-0.25, -0.2) is 13.1 Å². The molecule has 7 heteroatoms. The standard InChI is InChI=1S/C8H10BrClN2O2S/c1-2-12-15(13,14)7-4-5(10)3-6(11)8(7)9/h3-4,12H,2,11H2,1H3. The Morgan fingerprint density at radius 3 is 2.67 bits per heavy atom. The van der Waals surface area contributed by atoms with Crippen LogP contribution in [0.4, 0.5) is 5.69 Å². The fourth-order valence-corrected chi connectivity index (χ4v) is 3.38. The highest BCUT2D eigenvalue weighted by Gasteiger charge is 2.18. The van der Waals surface area contributed by atoms with Crippen LogP contribution in [-0.2, 0) is 10.0 Å². The zero-order valence-corrected chi connectivity index (χ0v) is 11.1. The Balaban J connectivity index is 3.38. The average Bonchev–Trinajstić information content (AvgIpc) is 2.11. The van der Waals surface area contributed by atoms with E-state index in [2.05, 4.69) is 20.7 Å². The molecule has 1 aromatic rings. The Kier molecular flexibility index (Phi) is 3.99. The Morgan fingerprint density at radius 2 is 2.13 bits per heavy atom. The second-order valence-electron chi connectivity index (χ2n) is 2.81. The van der Waals surface area contributed by atoms with E-state index in [1.54, 1.807) is 6.92 Å². The quantitative estimate of drug-likeness (QED) is 0.838. The summed E-state index contributed by atoms with van der Waals surface area (Å²) < 4.78 is 26.1.